The fourth-order valence-electron chi connectivity index (χ4n) is 4.30. The first kappa shape index (κ1) is 25.8. The van der Waals surface area contributed by atoms with Gasteiger partial charge in [0.05, 0.1) is 24.5 Å². The van der Waals surface area contributed by atoms with Crippen LogP contribution in [-0.4, -0.2) is 26.3 Å². The maximum atomic E-state index is 15.2. The Labute approximate surface area is 224 Å². The van der Waals surface area contributed by atoms with Gasteiger partial charge in [0.15, 0.2) is 23.1 Å². The van der Waals surface area contributed by atoms with E-state index in [-0.39, 0.29) is 23.2 Å². The molecular formula is C30H28FN3O5. The molecule has 0 atom stereocenters. The predicted octanol–water partition coefficient (Wildman–Crippen LogP) is 6.07. The second-order valence-electron chi connectivity index (χ2n) is 9.47. The average molecular weight is 530 g/mol. The molecule has 5 aromatic rings. The Hall–Kier alpha value is -4.79. The molecule has 5 rings (SSSR count). The van der Waals surface area contributed by atoms with E-state index in [1.165, 1.54) is 30.0 Å². The van der Waals surface area contributed by atoms with Gasteiger partial charge in [-0.25, -0.2) is 13.8 Å². The Morgan fingerprint density at radius 3 is 2.49 bits per heavy atom. The van der Waals surface area contributed by atoms with Crippen LogP contribution in [0.4, 0.5) is 4.39 Å². The fourth-order valence-corrected chi connectivity index (χ4v) is 4.30. The number of imidazole rings is 1. The van der Waals surface area contributed by atoms with Crippen molar-refractivity contribution in [2.75, 3.05) is 7.11 Å². The van der Waals surface area contributed by atoms with Crippen LogP contribution in [0.3, 0.4) is 0 Å². The van der Waals surface area contributed by atoms with Gasteiger partial charge in [-0.1, -0.05) is 44.2 Å². The first-order valence-electron chi connectivity index (χ1n) is 12.5. The largest absolute Gasteiger partial charge is 0.493 e. The second kappa shape index (κ2) is 10.9. The van der Waals surface area contributed by atoms with Gasteiger partial charge in [0.2, 0.25) is 5.88 Å². The molecule has 0 aliphatic carbocycles. The highest BCUT2D eigenvalue weighted by molar-refractivity contribution is 5.88. The standard InChI is InChI=1S/C30H28FN3O5/c1-19(2)16-33-17-29(35)34(30(33)36)21-9-10-26(23(31)13-21)39-25-11-12-32-24-15-28(27(37-3)14-22(24)25)38-18-20-7-5-4-6-8-20/h4-15,17,19,35H,16,18H2,1-3H3. The summed E-state index contributed by atoms with van der Waals surface area (Å²) in [6, 6.07) is 18.9. The summed E-state index contributed by atoms with van der Waals surface area (Å²) < 4.78 is 35.1. The number of nitrogens with zero attached hydrogens (tertiary/aromatic N) is 3. The van der Waals surface area contributed by atoms with Crippen molar-refractivity contribution in [1.29, 1.82) is 0 Å². The Kier molecular flexibility index (Phi) is 7.23. The second-order valence-corrected chi connectivity index (χ2v) is 9.47. The van der Waals surface area contributed by atoms with Crippen molar-refractivity contribution in [2.24, 2.45) is 5.92 Å². The minimum absolute atomic E-state index is 0.0521. The molecule has 0 spiro atoms. The third kappa shape index (κ3) is 5.43. The molecule has 9 heteroatoms. The molecule has 0 unspecified atom stereocenters. The molecule has 3 aromatic carbocycles. The van der Waals surface area contributed by atoms with Gasteiger partial charge in [0.25, 0.3) is 0 Å². The molecule has 0 aliphatic heterocycles. The average Bonchev–Trinajstić information content (AvgIpc) is 3.20. The number of benzene rings is 3. The van der Waals surface area contributed by atoms with E-state index >= 15 is 4.39 Å². The van der Waals surface area contributed by atoms with E-state index in [9.17, 15) is 9.90 Å². The lowest BCUT2D eigenvalue weighted by atomic mass is 10.1. The van der Waals surface area contributed by atoms with Crippen LogP contribution in [-0.2, 0) is 13.2 Å². The van der Waals surface area contributed by atoms with E-state index in [0.717, 1.165) is 16.2 Å². The van der Waals surface area contributed by atoms with Crippen molar-refractivity contribution in [2.45, 2.75) is 27.0 Å². The maximum absolute atomic E-state index is 15.2. The number of halogens is 1. The van der Waals surface area contributed by atoms with Crippen LogP contribution in [0.25, 0.3) is 16.6 Å². The topological polar surface area (TPSA) is 87.7 Å². The molecule has 0 aliphatic rings. The van der Waals surface area contributed by atoms with E-state index in [2.05, 4.69) is 4.98 Å². The van der Waals surface area contributed by atoms with Gasteiger partial charge >= 0.3 is 5.69 Å². The minimum atomic E-state index is -0.699. The summed E-state index contributed by atoms with van der Waals surface area (Å²) >= 11 is 0. The molecule has 0 bridgehead atoms. The number of aromatic nitrogens is 3. The third-order valence-corrected chi connectivity index (χ3v) is 6.12. The molecule has 8 nitrogen and oxygen atoms in total. The van der Waals surface area contributed by atoms with Crippen LogP contribution in [0, 0.1) is 11.7 Å². The number of aromatic hydroxyl groups is 1. The molecule has 0 amide bonds. The van der Waals surface area contributed by atoms with Gasteiger partial charge in [-0.3, -0.25) is 9.55 Å². The van der Waals surface area contributed by atoms with Crippen LogP contribution < -0.4 is 19.9 Å². The Morgan fingerprint density at radius 2 is 1.77 bits per heavy atom. The third-order valence-electron chi connectivity index (χ3n) is 6.12. The van der Waals surface area contributed by atoms with Crippen molar-refractivity contribution in [3.05, 3.63) is 101 Å². The van der Waals surface area contributed by atoms with Crippen LogP contribution >= 0.6 is 0 Å². The molecule has 39 heavy (non-hydrogen) atoms. The number of hydrogen-bond donors (Lipinski definition) is 1. The van der Waals surface area contributed by atoms with Crippen molar-refractivity contribution in [3.8, 4) is 34.6 Å². The molecule has 0 saturated carbocycles. The highest BCUT2D eigenvalue weighted by atomic mass is 19.1. The zero-order valence-corrected chi connectivity index (χ0v) is 21.8. The van der Waals surface area contributed by atoms with Gasteiger partial charge in [0, 0.05) is 30.3 Å². The van der Waals surface area contributed by atoms with Crippen molar-refractivity contribution < 1.29 is 23.7 Å². The van der Waals surface area contributed by atoms with E-state index in [0.29, 0.717) is 41.3 Å². The Morgan fingerprint density at radius 1 is 0.974 bits per heavy atom. The first-order chi connectivity index (χ1) is 18.8. The monoisotopic (exact) mass is 529 g/mol. The normalized spacial score (nSPS) is 11.2. The van der Waals surface area contributed by atoms with E-state index in [4.69, 9.17) is 14.2 Å². The zero-order chi connectivity index (χ0) is 27.5. The van der Waals surface area contributed by atoms with Crippen LogP contribution in [0.2, 0.25) is 0 Å². The number of methoxy groups -OCH3 is 1. The lowest BCUT2D eigenvalue weighted by Crippen LogP contribution is -2.24. The SMILES string of the molecule is COc1cc2c(Oc3ccc(-n4c(O)cn(CC(C)C)c4=O)cc3F)ccnc2cc1OCc1ccccc1. The number of hydrogen-bond acceptors (Lipinski definition) is 6. The van der Waals surface area contributed by atoms with Crippen LogP contribution in [0.5, 0.6) is 28.9 Å². The summed E-state index contributed by atoms with van der Waals surface area (Å²) in [4.78, 5) is 17.2. The summed E-state index contributed by atoms with van der Waals surface area (Å²) in [7, 11) is 1.54. The van der Waals surface area contributed by atoms with Crippen molar-refractivity contribution in [3.63, 3.8) is 0 Å². The van der Waals surface area contributed by atoms with Gasteiger partial charge in [0.1, 0.15) is 12.4 Å². The molecule has 200 valence electrons. The molecule has 2 aromatic heterocycles. The van der Waals surface area contributed by atoms with Gasteiger partial charge in [-0.2, -0.15) is 0 Å². The van der Waals surface area contributed by atoms with Crippen molar-refractivity contribution in [1.82, 2.24) is 14.1 Å². The van der Waals surface area contributed by atoms with E-state index < -0.39 is 11.5 Å². The molecular weight excluding hydrogens is 501 g/mol. The van der Waals surface area contributed by atoms with E-state index in [1.54, 1.807) is 24.4 Å². The lowest BCUT2D eigenvalue weighted by molar-refractivity contribution is 0.285. The lowest BCUT2D eigenvalue weighted by Gasteiger charge is -2.14. The Bertz CT molecular complexity index is 1680. The molecule has 0 fully saturated rings. The van der Waals surface area contributed by atoms with Crippen LogP contribution in [0.15, 0.2) is 83.9 Å². The summed E-state index contributed by atoms with van der Waals surface area (Å²) in [6.45, 7) is 4.71. The number of pyridine rings is 1. The highest BCUT2D eigenvalue weighted by Gasteiger charge is 2.17. The fraction of sp³-hybridized carbons (Fsp3) is 0.200. The number of fused-ring (bicyclic) bond motifs is 1. The summed E-state index contributed by atoms with van der Waals surface area (Å²) in [5.41, 5.74) is 1.32. The maximum Gasteiger partial charge on any atom is 0.335 e. The Balaban J connectivity index is 1.43. The smallest absolute Gasteiger partial charge is 0.335 e. The van der Waals surface area contributed by atoms with Gasteiger partial charge in [-0.05, 0) is 35.7 Å². The molecule has 0 saturated heterocycles. The zero-order valence-electron chi connectivity index (χ0n) is 21.8. The predicted molar refractivity (Wildman–Crippen MR) is 146 cm³/mol. The molecule has 2 heterocycles. The van der Waals surface area contributed by atoms with Crippen LogP contribution in [0.1, 0.15) is 19.4 Å². The van der Waals surface area contributed by atoms with E-state index in [1.807, 2.05) is 44.2 Å². The number of ether oxygens (including phenoxy) is 3. The summed E-state index contributed by atoms with van der Waals surface area (Å²) in [5, 5.41) is 10.9. The number of rotatable bonds is 9. The van der Waals surface area contributed by atoms with Crippen molar-refractivity contribution >= 4 is 10.9 Å². The quantitative estimate of drug-likeness (QED) is 0.249. The molecule has 0 radical (unpaired) electrons. The van der Waals surface area contributed by atoms with Gasteiger partial charge in [-0.15, -0.1) is 0 Å². The minimum Gasteiger partial charge on any atom is -0.493 e. The summed E-state index contributed by atoms with van der Waals surface area (Å²) in [5.74, 6) is 0.537. The molecule has 1 N–H and O–H groups in total. The summed E-state index contributed by atoms with van der Waals surface area (Å²) in [6.07, 6.45) is 2.91. The highest BCUT2D eigenvalue weighted by Crippen LogP contribution is 2.38. The van der Waals surface area contributed by atoms with Gasteiger partial charge < -0.3 is 19.3 Å². The first-order valence-corrected chi connectivity index (χ1v) is 12.5.